The zero-order chi connectivity index (χ0) is 22.7. The fourth-order valence-corrected chi connectivity index (χ4v) is 3.78. The van der Waals surface area contributed by atoms with Crippen molar-refractivity contribution >= 4 is 39.7 Å². The second-order valence-corrected chi connectivity index (χ2v) is 7.35. The summed E-state index contributed by atoms with van der Waals surface area (Å²) in [5.41, 5.74) is 12.0. The molecule has 0 aliphatic heterocycles. The van der Waals surface area contributed by atoms with Crippen LogP contribution < -0.4 is 21.1 Å². The van der Waals surface area contributed by atoms with Crippen molar-refractivity contribution in [3.63, 3.8) is 0 Å². The third-order valence-electron chi connectivity index (χ3n) is 4.30. The third-order valence-corrected chi connectivity index (χ3v) is 5.37. The number of amides is 1. The molecule has 0 aliphatic carbocycles. The van der Waals surface area contributed by atoms with Gasteiger partial charge >= 0.3 is 6.61 Å². The molecule has 1 atom stereocenters. The van der Waals surface area contributed by atoms with Crippen molar-refractivity contribution < 1.29 is 27.5 Å². The minimum absolute atomic E-state index is 0.0818. The fraction of sp³-hybridized carbons (Fsp3) is 0.150. The number of thiazole rings is 1. The number of benzene rings is 2. The van der Waals surface area contributed by atoms with Crippen molar-refractivity contribution in [2.24, 2.45) is 5.73 Å². The summed E-state index contributed by atoms with van der Waals surface area (Å²) in [5.74, 6) is -1.80. The molecule has 1 heterocycles. The maximum atomic E-state index is 13.3. The van der Waals surface area contributed by atoms with E-state index in [0.29, 0.717) is 5.69 Å². The van der Waals surface area contributed by atoms with Crippen LogP contribution in [-0.4, -0.2) is 29.3 Å². The Morgan fingerprint density at radius 3 is 2.26 bits per heavy atom. The Hall–Kier alpha value is -3.60. The van der Waals surface area contributed by atoms with Crippen LogP contribution in [0.4, 0.5) is 29.8 Å². The van der Waals surface area contributed by atoms with Gasteiger partial charge in [0.1, 0.15) is 28.3 Å². The topological polar surface area (TPSA) is 112 Å². The Balaban J connectivity index is 1.95. The van der Waals surface area contributed by atoms with E-state index in [1.165, 1.54) is 60.4 Å². The minimum Gasteiger partial charge on any atom is -0.435 e. The second-order valence-electron chi connectivity index (χ2n) is 6.37. The van der Waals surface area contributed by atoms with Crippen LogP contribution in [0, 0.1) is 5.82 Å². The number of halogens is 3. The number of hydrogen-bond acceptors (Lipinski definition) is 7. The van der Waals surface area contributed by atoms with E-state index in [9.17, 15) is 22.8 Å². The highest BCUT2D eigenvalue weighted by Crippen LogP contribution is 2.36. The molecular weight excluding hydrogens is 433 g/mol. The molecule has 1 amide bonds. The maximum absolute atomic E-state index is 13.3. The molecule has 7 nitrogen and oxygen atoms in total. The number of ether oxygens (including phenoxy) is 1. The highest BCUT2D eigenvalue weighted by molar-refractivity contribution is 7.18. The first kappa shape index (κ1) is 22.1. The molecule has 2 aromatic carbocycles. The maximum Gasteiger partial charge on any atom is 0.387 e. The summed E-state index contributed by atoms with van der Waals surface area (Å²) in [6.07, 6.45) is 0. The van der Waals surface area contributed by atoms with E-state index in [2.05, 4.69) is 9.72 Å². The minimum atomic E-state index is -2.98. The summed E-state index contributed by atoms with van der Waals surface area (Å²) in [5, 5.41) is 0.205. The van der Waals surface area contributed by atoms with Crippen molar-refractivity contribution in [2.45, 2.75) is 19.6 Å². The zero-order valence-corrected chi connectivity index (χ0v) is 16.9. The molecule has 0 aliphatic rings. The van der Waals surface area contributed by atoms with Crippen LogP contribution in [0.15, 0.2) is 48.5 Å². The number of carbonyl (C=O) groups is 2. The molecule has 162 valence electrons. The fourth-order valence-electron chi connectivity index (χ4n) is 2.73. The highest BCUT2D eigenvalue weighted by Gasteiger charge is 2.27. The van der Waals surface area contributed by atoms with Gasteiger partial charge in [0, 0.05) is 11.3 Å². The summed E-state index contributed by atoms with van der Waals surface area (Å²) in [6, 6.07) is 9.54. The molecule has 11 heteroatoms. The van der Waals surface area contributed by atoms with Crippen LogP contribution in [0.3, 0.4) is 0 Å². The smallest absolute Gasteiger partial charge is 0.387 e. The van der Waals surface area contributed by atoms with Gasteiger partial charge in [-0.3, -0.25) is 9.59 Å². The Morgan fingerprint density at radius 1 is 1.10 bits per heavy atom. The quantitative estimate of drug-likeness (QED) is 0.506. The molecule has 0 saturated carbocycles. The Bertz CT molecular complexity index is 1090. The van der Waals surface area contributed by atoms with Gasteiger partial charge in [-0.25, -0.2) is 9.37 Å². The molecule has 0 spiro atoms. The summed E-state index contributed by atoms with van der Waals surface area (Å²) in [6.45, 7) is -1.45. The molecule has 3 aromatic rings. The van der Waals surface area contributed by atoms with Crippen molar-refractivity contribution in [1.29, 1.82) is 0 Å². The SMILES string of the molecule is C[C@H](C(N)=O)N(c1ccc(F)cc1)c1nc(N)c(C(=O)c2ccc(OC(F)F)cc2)s1. The molecule has 0 radical (unpaired) electrons. The van der Waals surface area contributed by atoms with Gasteiger partial charge in [-0.05, 0) is 55.5 Å². The van der Waals surface area contributed by atoms with E-state index in [-0.39, 0.29) is 27.1 Å². The van der Waals surface area contributed by atoms with Crippen LogP contribution >= 0.6 is 11.3 Å². The number of nitrogens with two attached hydrogens (primary N) is 2. The number of aromatic nitrogens is 1. The monoisotopic (exact) mass is 450 g/mol. The van der Waals surface area contributed by atoms with Crippen molar-refractivity contribution in [2.75, 3.05) is 10.6 Å². The van der Waals surface area contributed by atoms with Gasteiger partial charge in [0.05, 0.1) is 0 Å². The van der Waals surface area contributed by atoms with Gasteiger partial charge in [-0.1, -0.05) is 11.3 Å². The lowest BCUT2D eigenvalue weighted by Gasteiger charge is -2.26. The standard InChI is InChI=1S/C20H17F3N4O3S/c1-10(18(25)29)27(13-6-4-12(21)5-7-13)20-26-17(24)16(31-20)15(28)11-2-8-14(9-3-11)30-19(22)23/h2-10,19H,24H2,1H3,(H2,25,29)/t10-/m1/s1. The number of nitrogens with zero attached hydrogens (tertiary/aromatic N) is 2. The van der Waals surface area contributed by atoms with Gasteiger partial charge in [-0.2, -0.15) is 8.78 Å². The first-order chi connectivity index (χ1) is 14.7. The molecule has 3 rings (SSSR count). The second kappa shape index (κ2) is 9.04. The first-order valence-electron chi connectivity index (χ1n) is 8.87. The lowest BCUT2D eigenvalue weighted by Crippen LogP contribution is -2.39. The molecule has 0 unspecified atom stereocenters. The number of primary amides is 1. The van der Waals surface area contributed by atoms with E-state index in [1.54, 1.807) is 0 Å². The number of alkyl halides is 2. The van der Waals surface area contributed by atoms with Crippen LogP contribution in [0.25, 0.3) is 0 Å². The molecular formula is C20H17F3N4O3S. The Labute approximate surface area is 179 Å². The van der Waals surface area contributed by atoms with Gasteiger partial charge < -0.3 is 21.1 Å². The van der Waals surface area contributed by atoms with E-state index < -0.39 is 30.2 Å². The normalized spacial score (nSPS) is 11.9. The van der Waals surface area contributed by atoms with Crippen molar-refractivity contribution in [1.82, 2.24) is 4.98 Å². The number of rotatable bonds is 8. The largest absolute Gasteiger partial charge is 0.435 e. The summed E-state index contributed by atoms with van der Waals surface area (Å²) in [4.78, 5) is 30.4. The number of hydrogen-bond donors (Lipinski definition) is 2. The molecule has 0 fully saturated rings. The first-order valence-corrected chi connectivity index (χ1v) is 9.69. The third kappa shape index (κ3) is 4.94. The number of anilines is 3. The number of carbonyl (C=O) groups excluding carboxylic acids is 2. The highest BCUT2D eigenvalue weighted by atomic mass is 32.1. The van der Waals surface area contributed by atoms with Crippen LogP contribution in [0.2, 0.25) is 0 Å². The molecule has 4 N–H and O–H groups in total. The van der Waals surface area contributed by atoms with Crippen LogP contribution in [-0.2, 0) is 4.79 Å². The Kier molecular flexibility index (Phi) is 6.44. The summed E-state index contributed by atoms with van der Waals surface area (Å²) in [7, 11) is 0. The lowest BCUT2D eigenvalue weighted by atomic mass is 10.1. The van der Waals surface area contributed by atoms with E-state index in [4.69, 9.17) is 11.5 Å². The zero-order valence-electron chi connectivity index (χ0n) is 16.1. The van der Waals surface area contributed by atoms with Crippen molar-refractivity contribution in [3.05, 3.63) is 64.8 Å². The lowest BCUT2D eigenvalue weighted by molar-refractivity contribution is -0.118. The molecule has 0 saturated heterocycles. The predicted molar refractivity (Wildman–Crippen MR) is 110 cm³/mol. The van der Waals surface area contributed by atoms with E-state index in [1.807, 2.05) is 0 Å². The van der Waals surface area contributed by atoms with Gasteiger partial charge in [0.25, 0.3) is 0 Å². The van der Waals surface area contributed by atoms with Gasteiger partial charge in [-0.15, -0.1) is 0 Å². The van der Waals surface area contributed by atoms with Crippen LogP contribution in [0.1, 0.15) is 22.2 Å². The molecule has 0 bridgehead atoms. The van der Waals surface area contributed by atoms with Gasteiger partial charge in [0.15, 0.2) is 5.13 Å². The number of nitrogen functional groups attached to an aromatic ring is 1. The van der Waals surface area contributed by atoms with Crippen molar-refractivity contribution in [3.8, 4) is 5.75 Å². The predicted octanol–water partition coefficient (Wildman–Crippen LogP) is 3.71. The molecule has 1 aromatic heterocycles. The Morgan fingerprint density at radius 2 is 1.71 bits per heavy atom. The molecule has 31 heavy (non-hydrogen) atoms. The average Bonchev–Trinajstić information content (AvgIpc) is 3.10. The van der Waals surface area contributed by atoms with E-state index >= 15 is 0 Å². The number of ketones is 1. The van der Waals surface area contributed by atoms with Crippen LogP contribution in [0.5, 0.6) is 5.75 Å². The average molecular weight is 450 g/mol. The van der Waals surface area contributed by atoms with E-state index in [0.717, 1.165) is 11.3 Å². The summed E-state index contributed by atoms with van der Waals surface area (Å²) >= 11 is 0.918. The van der Waals surface area contributed by atoms with Gasteiger partial charge in [0.2, 0.25) is 11.7 Å². The summed E-state index contributed by atoms with van der Waals surface area (Å²) < 4.78 is 42.2.